The van der Waals surface area contributed by atoms with Gasteiger partial charge in [-0.15, -0.1) is 0 Å². The summed E-state index contributed by atoms with van der Waals surface area (Å²) >= 11 is 0. The Balaban J connectivity index is 1.49. The number of benzene rings is 2. The van der Waals surface area contributed by atoms with Crippen LogP contribution in [-0.2, 0) is 15.2 Å². The van der Waals surface area contributed by atoms with Crippen molar-refractivity contribution in [2.75, 3.05) is 13.1 Å². The van der Waals surface area contributed by atoms with Crippen molar-refractivity contribution in [3.05, 3.63) is 71.8 Å². The smallest absolute Gasteiger partial charge is 0.222 e. The summed E-state index contributed by atoms with van der Waals surface area (Å²) in [5, 5.41) is 12.0. The van der Waals surface area contributed by atoms with E-state index in [2.05, 4.69) is 0 Å². The van der Waals surface area contributed by atoms with Gasteiger partial charge < -0.3 is 10.0 Å². The van der Waals surface area contributed by atoms with Crippen molar-refractivity contribution in [3.8, 4) is 0 Å². The molecule has 1 aliphatic rings. The molecule has 1 heterocycles. The Kier molecular flexibility index (Phi) is 9.68. The molecule has 178 valence electrons. The zero-order chi connectivity index (χ0) is 23.5. The summed E-state index contributed by atoms with van der Waals surface area (Å²) in [5.74, 6) is 0.648. The molecule has 0 radical (unpaired) electrons. The predicted molar refractivity (Wildman–Crippen MR) is 133 cm³/mol. The van der Waals surface area contributed by atoms with Crippen LogP contribution in [0.15, 0.2) is 60.7 Å². The van der Waals surface area contributed by atoms with Crippen LogP contribution in [-0.4, -0.2) is 34.8 Å². The van der Waals surface area contributed by atoms with Crippen LogP contribution in [0.3, 0.4) is 0 Å². The number of piperidine rings is 1. The molecule has 0 unspecified atom stereocenters. The van der Waals surface area contributed by atoms with Crippen LogP contribution >= 0.6 is 0 Å². The first-order valence-electron chi connectivity index (χ1n) is 12.7. The molecule has 1 fully saturated rings. The van der Waals surface area contributed by atoms with Gasteiger partial charge in [0.2, 0.25) is 5.91 Å². The Hall–Kier alpha value is -2.46. The molecular weight excluding hydrogens is 410 g/mol. The minimum Gasteiger partial charge on any atom is -0.380 e. The number of hydrogen-bond donors (Lipinski definition) is 1. The van der Waals surface area contributed by atoms with E-state index in [1.807, 2.05) is 72.5 Å². The molecule has 1 N–H and O–H groups in total. The fourth-order valence-corrected chi connectivity index (χ4v) is 5.03. The highest BCUT2D eigenvalue weighted by atomic mass is 16.3. The van der Waals surface area contributed by atoms with E-state index in [9.17, 15) is 14.7 Å². The molecule has 2 aromatic carbocycles. The zero-order valence-electron chi connectivity index (χ0n) is 20.0. The SMILES string of the molecule is CCC(=O)CCCCCCCC(=O)N1CCC(C(O)(c2ccccc2)c2ccccc2)CC1. The van der Waals surface area contributed by atoms with Crippen LogP contribution in [0.1, 0.15) is 82.3 Å². The Morgan fingerprint density at radius 1 is 0.818 bits per heavy atom. The van der Waals surface area contributed by atoms with Gasteiger partial charge in [-0.25, -0.2) is 0 Å². The van der Waals surface area contributed by atoms with Crippen LogP contribution in [0.25, 0.3) is 0 Å². The highest BCUT2D eigenvalue weighted by molar-refractivity contribution is 5.77. The van der Waals surface area contributed by atoms with Gasteiger partial charge in [-0.1, -0.05) is 86.8 Å². The van der Waals surface area contributed by atoms with Crippen molar-refractivity contribution in [1.82, 2.24) is 4.90 Å². The van der Waals surface area contributed by atoms with Crippen LogP contribution in [0.5, 0.6) is 0 Å². The Labute approximate surface area is 199 Å². The van der Waals surface area contributed by atoms with E-state index in [-0.39, 0.29) is 11.8 Å². The molecule has 0 atom stereocenters. The standard InChI is InChI=1S/C29H39NO3/c1-2-27(31)18-12-4-3-5-13-19-28(32)30-22-20-26(21-23-30)29(33,24-14-8-6-9-15-24)25-16-10-7-11-17-25/h6-11,14-17,26,33H,2-5,12-13,18-23H2,1H3. The number of carbonyl (C=O) groups excluding carboxylic acids is 2. The molecule has 1 aliphatic heterocycles. The monoisotopic (exact) mass is 449 g/mol. The van der Waals surface area contributed by atoms with Crippen molar-refractivity contribution >= 4 is 11.7 Å². The molecule has 0 bridgehead atoms. The van der Waals surface area contributed by atoms with E-state index >= 15 is 0 Å². The average Bonchev–Trinajstić information content (AvgIpc) is 2.88. The number of ketones is 1. The Morgan fingerprint density at radius 2 is 1.30 bits per heavy atom. The molecule has 0 spiro atoms. The summed E-state index contributed by atoms with van der Waals surface area (Å²) in [6.07, 6.45) is 8.61. The quantitative estimate of drug-likeness (QED) is 0.412. The number of hydrogen-bond acceptors (Lipinski definition) is 3. The highest BCUT2D eigenvalue weighted by Crippen LogP contribution is 2.41. The van der Waals surface area contributed by atoms with Crippen molar-refractivity contribution in [1.29, 1.82) is 0 Å². The number of likely N-dealkylation sites (tertiary alicyclic amines) is 1. The van der Waals surface area contributed by atoms with E-state index in [0.717, 1.165) is 56.1 Å². The topological polar surface area (TPSA) is 57.6 Å². The molecule has 0 aromatic heterocycles. The molecular formula is C29H39NO3. The number of carbonyl (C=O) groups is 2. The third-order valence-corrected chi connectivity index (χ3v) is 7.11. The first kappa shape index (κ1) is 25.2. The largest absolute Gasteiger partial charge is 0.380 e. The van der Waals surface area contributed by atoms with Gasteiger partial charge >= 0.3 is 0 Å². The lowest BCUT2D eigenvalue weighted by atomic mass is 9.72. The maximum atomic E-state index is 12.7. The summed E-state index contributed by atoms with van der Waals surface area (Å²) in [6, 6.07) is 19.9. The summed E-state index contributed by atoms with van der Waals surface area (Å²) in [5.41, 5.74) is 0.791. The molecule has 0 saturated carbocycles. The summed E-state index contributed by atoms with van der Waals surface area (Å²) < 4.78 is 0. The third kappa shape index (κ3) is 6.77. The molecule has 0 aliphatic carbocycles. The van der Waals surface area contributed by atoms with Crippen molar-refractivity contribution in [2.24, 2.45) is 5.92 Å². The molecule has 4 nitrogen and oxygen atoms in total. The van der Waals surface area contributed by atoms with Crippen LogP contribution in [0.2, 0.25) is 0 Å². The second-order valence-corrected chi connectivity index (χ2v) is 9.31. The normalized spacial score (nSPS) is 14.9. The van der Waals surface area contributed by atoms with Crippen LogP contribution in [0.4, 0.5) is 0 Å². The van der Waals surface area contributed by atoms with E-state index in [1.54, 1.807) is 0 Å². The molecule has 33 heavy (non-hydrogen) atoms. The lowest BCUT2D eigenvalue weighted by Gasteiger charge is -2.42. The number of amides is 1. The van der Waals surface area contributed by atoms with Gasteiger partial charge in [-0.2, -0.15) is 0 Å². The molecule has 1 saturated heterocycles. The number of rotatable bonds is 12. The first-order valence-corrected chi connectivity index (χ1v) is 12.7. The number of aliphatic hydroxyl groups is 1. The van der Waals surface area contributed by atoms with Crippen LogP contribution < -0.4 is 0 Å². The van der Waals surface area contributed by atoms with E-state index in [0.29, 0.717) is 38.1 Å². The molecule has 4 heteroatoms. The van der Waals surface area contributed by atoms with Gasteiger partial charge in [-0.3, -0.25) is 9.59 Å². The maximum Gasteiger partial charge on any atom is 0.222 e. The lowest BCUT2D eigenvalue weighted by molar-refractivity contribution is -0.134. The Bertz CT molecular complexity index is 817. The highest BCUT2D eigenvalue weighted by Gasteiger charge is 2.41. The average molecular weight is 450 g/mol. The summed E-state index contributed by atoms with van der Waals surface area (Å²) in [4.78, 5) is 26.1. The van der Waals surface area contributed by atoms with E-state index < -0.39 is 5.60 Å². The second kappa shape index (κ2) is 12.7. The van der Waals surface area contributed by atoms with Gasteiger partial charge in [0.15, 0.2) is 0 Å². The van der Waals surface area contributed by atoms with Gasteiger partial charge in [-0.05, 0) is 42.7 Å². The van der Waals surface area contributed by atoms with E-state index in [1.165, 1.54) is 0 Å². The fourth-order valence-electron chi connectivity index (χ4n) is 5.03. The lowest BCUT2D eigenvalue weighted by Crippen LogP contribution is -2.46. The van der Waals surface area contributed by atoms with Crippen molar-refractivity contribution in [2.45, 2.75) is 76.7 Å². The minimum atomic E-state index is -1.04. The number of Topliss-reactive ketones (excluding diaryl/α,β-unsaturated/α-hetero) is 1. The van der Waals surface area contributed by atoms with Gasteiger partial charge in [0.1, 0.15) is 11.4 Å². The molecule has 2 aromatic rings. The third-order valence-electron chi connectivity index (χ3n) is 7.11. The molecule has 1 amide bonds. The molecule has 3 rings (SSSR count). The van der Waals surface area contributed by atoms with Crippen molar-refractivity contribution < 1.29 is 14.7 Å². The predicted octanol–water partition coefficient (Wildman–Crippen LogP) is 5.87. The maximum absolute atomic E-state index is 12.7. The van der Waals surface area contributed by atoms with Crippen molar-refractivity contribution in [3.63, 3.8) is 0 Å². The van der Waals surface area contributed by atoms with Gasteiger partial charge in [0, 0.05) is 32.4 Å². The summed E-state index contributed by atoms with van der Waals surface area (Å²) in [6.45, 7) is 3.32. The zero-order valence-corrected chi connectivity index (χ0v) is 20.0. The summed E-state index contributed by atoms with van der Waals surface area (Å²) in [7, 11) is 0. The number of nitrogens with zero attached hydrogens (tertiary/aromatic N) is 1. The number of unbranched alkanes of at least 4 members (excludes halogenated alkanes) is 4. The minimum absolute atomic E-state index is 0.0668. The van der Waals surface area contributed by atoms with Gasteiger partial charge in [0.05, 0.1) is 0 Å². The Morgan fingerprint density at radius 3 is 1.82 bits per heavy atom. The van der Waals surface area contributed by atoms with Gasteiger partial charge in [0.25, 0.3) is 0 Å². The second-order valence-electron chi connectivity index (χ2n) is 9.31. The first-order chi connectivity index (χ1) is 16.1. The van der Waals surface area contributed by atoms with E-state index in [4.69, 9.17) is 0 Å². The fraction of sp³-hybridized carbons (Fsp3) is 0.517. The van der Waals surface area contributed by atoms with Crippen LogP contribution in [0, 0.1) is 5.92 Å².